The van der Waals surface area contributed by atoms with Gasteiger partial charge in [-0.15, -0.1) is 0 Å². The van der Waals surface area contributed by atoms with Crippen molar-refractivity contribution in [2.75, 3.05) is 19.7 Å². The lowest BCUT2D eigenvalue weighted by Crippen LogP contribution is -2.45. The molecular formula is C13H20N2O3S. The third-order valence-corrected chi connectivity index (χ3v) is 5.07. The molecule has 1 atom stereocenters. The highest BCUT2D eigenvalue weighted by Gasteiger charge is 2.28. The van der Waals surface area contributed by atoms with Crippen molar-refractivity contribution in [2.24, 2.45) is 5.73 Å². The lowest BCUT2D eigenvalue weighted by atomic mass is 10.1. The van der Waals surface area contributed by atoms with E-state index in [0.717, 1.165) is 12.8 Å². The first-order valence-corrected chi connectivity index (χ1v) is 7.96. The molecule has 1 fully saturated rings. The average Bonchev–Trinajstić information content (AvgIpc) is 2.40. The largest absolute Gasteiger partial charge is 0.494 e. The summed E-state index contributed by atoms with van der Waals surface area (Å²) >= 11 is 0. The standard InChI is InChI=1S/C13H20N2O3S/c1-2-18-12-5-7-13(8-6-12)19(16,17)15-9-3-4-11(14)10-15/h5-8,11H,2-4,9-10,14H2,1H3/t11-/m1/s1. The Morgan fingerprint density at radius 2 is 2.05 bits per heavy atom. The quantitative estimate of drug-likeness (QED) is 0.901. The van der Waals surface area contributed by atoms with E-state index in [-0.39, 0.29) is 6.04 Å². The second-order valence-corrected chi connectivity index (χ2v) is 6.61. The molecule has 5 nitrogen and oxygen atoms in total. The molecule has 106 valence electrons. The fraction of sp³-hybridized carbons (Fsp3) is 0.538. The number of hydrogen-bond acceptors (Lipinski definition) is 4. The highest BCUT2D eigenvalue weighted by molar-refractivity contribution is 7.89. The van der Waals surface area contributed by atoms with Crippen molar-refractivity contribution in [1.82, 2.24) is 4.31 Å². The maximum atomic E-state index is 12.4. The van der Waals surface area contributed by atoms with Crippen LogP contribution in [0.5, 0.6) is 5.75 Å². The Bertz CT molecular complexity index is 513. The van der Waals surface area contributed by atoms with E-state index >= 15 is 0 Å². The minimum Gasteiger partial charge on any atom is -0.494 e. The number of nitrogens with zero attached hydrogens (tertiary/aromatic N) is 1. The molecule has 2 rings (SSSR count). The zero-order valence-electron chi connectivity index (χ0n) is 11.1. The van der Waals surface area contributed by atoms with Crippen LogP contribution in [0.25, 0.3) is 0 Å². The van der Waals surface area contributed by atoms with Gasteiger partial charge in [-0.2, -0.15) is 4.31 Å². The van der Waals surface area contributed by atoms with Crippen molar-refractivity contribution < 1.29 is 13.2 Å². The summed E-state index contributed by atoms with van der Waals surface area (Å²) in [5, 5.41) is 0. The minimum absolute atomic E-state index is 0.0637. The minimum atomic E-state index is -3.43. The molecule has 0 bridgehead atoms. The Balaban J connectivity index is 2.18. The Morgan fingerprint density at radius 1 is 1.37 bits per heavy atom. The van der Waals surface area contributed by atoms with Gasteiger partial charge in [-0.3, -0.25) is 0 Å². The molecule has 1 aromatic carbocycles. The van der Waals surface area contributed by atoms with Crippen LogP contribution in [0.1, 0.15) is 19.8 Å². The van der Waals surface area contributed by atoms with Gasteiger partial charge in [-0.05, 0) is 44.0 Å². The smallest absolute Gasteiger partial charge is 0.243 e. The first-order chi connectivity index (χ1) is 9.04. The zero-order valence-corrected chi connectivity index (χ0v) is 11.9. The van der Waals surface area contributed by atoms with Crippen molar-refractivity contribution >= 4 is 10.0 Å². The molecule has 1 heterocycles. The molecule has 0 spiro atoms. The van der Waals surface area contributed by atoms with Crippen LogP contribution in [-0.4, -0.2) is 38.5 Å². The molecule has 0 amide bonds. The van der Waals surface area contributed by atoms with Crippen LogP contribution in [0, 0.1) is 0 Å². The fourth-order valence-electron chi connectivity index (χ4n) is 2.22. The summed E-state index contributed by atoms with van der Waals surface area (Å²) in [5.74, 6) is 0.678. The molecule has 1 aromatic rings. The van der Waals surface area contributed by atoms with Crippen LogP contribution in [0.4, 0.5) is 0 Å². The van der Waals surface area contributed by atoms with Crippen LogP contribution >= 0.6 is 0 Å². The first-order valence-electron chi connectivity index (χ1n) is 6.52. The van der Waals surface area contributed by atoms with Gasteiger partial charge in [0.1, 0.15) is 5.75 Å². The lowest BCUT2D eigenvalue weighted by Gasteiger charge is -2.29. The number of benzene rings is 1. The van der Waals surface area contributed by atoms with Crippen LogP contribution in [-0.2, 0) is 10.0 Å². The van der Waals surface area contributed by atoms with E-state index in [0.29, 0.717) is 30.3 Å². The van der Waals surface area contributed by atoms with E-state index in [1.54, 1.807) is 24.3 Å². The molecule has 0 saturated carbocycles. The zero-order chi connectivity index (χ0) is 13.9. The van der Waals surface area contributed by atoms with E-state index < -0.39 is 10.0 Å². The molecule has 1 aliphatic heterocycles. The van der Waals surface area contributed by atoms with E-state index in [9.17, 15) is 8.42 Å². The summed E-state index contributed by atoms with van der Waals surface area (Å²) in [4.78, 5) is 0.296. The average molecular weight is 284 g/mol. The van der Waals surface area contributed by atoms with Gasteiger partial charge < -0.3 is 10.5 Å². The van der Waals surface area contributed by atoms with Gasteiger partial charge in [0.2, 0.25) is 10.0 Å². The topological polar surface area (TPSA) is 72.6 Å². The molecule has 0 aromatic heterocycles. The monoisotopic (exact) mass is 284 g/mol. The lowest BCUT2D eigenvalue weighted by molar-refractivity contribution is 0.316. The summed E-state index contributed by atoms with van der Waals surface area (Å²) in [6.45, 7) is 3.39. The van der Waals surface area contributed by atoms with Crippen molar-refractivity contribution in [2.45, 2.75) is 30.7 Å². The van der Waals surface area contributed by atoms with Gasteiger partial charge in [0.25, 0.3) is 0 Å². The van der Waals surface area contributed by atoms with Crippen LogP contribution in [0.3, 0.4) is 0 Å². The van der Waals surface area contributed by atoms with Crippen molar-refractivity contribution in [1.29, 1.82) is 0 Å². The number of ether oxygens (including phenoxy) is 1. The Kier molecular flexibility index (Phi) is 4.44. The highest BCUT2D eigenvalue weighted by Crippen LogP contribution is 2.22. The Labute approximate surface area is 114 Å². The summed E-state index contributed by atoms with van der Waals surface area (Å²) in [6, 6.07) is 6.47. The van der Waals surface area contributed by atoms with Gasteiger partial charge in [-0.25, -0.2) is 8.42 Å². The molecule has 0 unspecified atom stereocenters. The summed E-state index contributed by atoms with van der Waals surface area (Å²) in [6.07, 6.45) is 1.70. The molecule has 0 aliphatic carbocycles. The summed E-state index contributed by atoms with van der Waals surface area (Å²) in [7, 11) is -3.43. The summed E-state index contributed by atoms with van der Waals surface area (Å²) in [5.41, 5.74) is 5.84. The number of rotatable bonds is 4. The predicted octanol–water partition coefficient (Wildman–Crippen LogP) is 1.20. The van der Waals surface area contributed by atoms with Gasteiger partial charge in [0.05, 0.1) is 11.5 Å². The number of piperidine rings is 1. The molecule has 1 aliphatic rings. The van der Waals surface area contributed by atoms with E-state index in [4.69, 9.17) is 10.5 Å². The van der Waals surface area contributed by atoms with Gasteiger partial charge in [0.15, 0.2) is 0 Å². The van der Waals surface area contributed by atoms with Crippen LogP contribution < -0.4 is 10.5 Å². The molecule has 2 N–H and O–H groups in total. The predicted molar refractivity (Wildman–Crippen MR) is 73.6 cm³/mol. The van der Waals surface area contributed by atoms with E-state index in [1.807, 2.05) is 6.92 Å². The molecule has 19 heavy (non-hydrogen) atoms. The Hall–Kier alpha value is -1.11. The molecule has 6 heteroatoms. The van der Waals surface area contributed by atoms with Crippen molar-refractivity contribution in [3.8, 4) is 5.75 Å². The van der Waals surface area contributed by atoms with Gasteiger partial charge in [0, 0.05) is 19.1 Å². The van der Waals surface area contributed by atoms with Crippen molar-refractivity contribution in [3.63, 3.8) is 0 Å². The van der Waals surface area contributed by atoms with E-state index in [1.165, 1.54) is 4.31 Å². The molecular weight excluding hydrogens is 264 g/mol. The fourth-order valence-corrected chi connectivity index (χ4v) is 3.75. The third-order valence-electron chi connectivity index (χ3n) is 3.19. The van der Waals surface area contributed by atoms with Crippen LogP contribution in [0.15, 0.2) is 29.2 Å². The van der Waals surface area contributed by atoms with Crippen molar-refractivity contribution in [3.05, 3.63) is 24.3 Å². The number of nitrogens with two attached hydrogens (primary N) is 1. The number of hydrogen-bond donors (Lipinski definition) is 1. The van der Waals surface area contributed by atoms with Gasteiger partial charge in [-0.1, -0.05) is 0 Å². The second kappa shape index (κ2) is 5.90. The third kappa shape index (κ3) is 3.26. The highest BCUT2D eigenvalue weighted by atomic mass is 32.2. The molecule has 0 radical (unpaired) electrons. The Morgan fingerprint density at radius 3 is 2.63 bits per heavy atom. The van der Waals surface area contributed by atoms with E-state index in [2.05, 4.69) is 0 Å². The SMILES string of the molecule is CCOc1ccc(S(=O)(=O)N2CCC[C@@H](N)C2)cc1. The second-order valence-electron chi connectivity index (χ2n) is 4.67. The normalized spacial score (nSPS) is 21.3. The first kappa shape index (κ1) is 14.3. The summed E-state index contributed by atoms with van der Waals surface area (Å²) < 4.78 is 31.6. The maximum Gasteiger partial charge on any atom is 0.243 e. The van der Waals surface area contributed by atoms with Crippen LogP contribution in [0.2, 0.25) is 0 Å². The number of sulfonamides is 1. The van der Waals surface area contributed by atoms with Gasteiger partial charge >= 0.3 is 0 Å². The molecule has 1 saturated heterocycles. The maximum absolute atomic E-state index is 12.4.